The van der Waals surface area contributed by atoms with E-state index in [2.05, 4.69) is 59.7 Å². The third-order valence-corrected chi connectivity index (χ3v) is 5.53. The van der Waals surface area contributed by atoms with Crippen molar-refractivity contribution in [1.29, 1.82) is 0 Å². The van der Waals surface area contributed by atoms with Crippen molar-refractivity contribution < 1.29 is 9.53 Å². The van der Waals surface area contributed by atoms with Crippen LogP contribution >= 0.6 is 0 Å². The fourth-order valence-electron chi connectivity index (χ4n) is 3.82. The fraction of sp³-hybridized carbons (Fsp3) is 0.172. The van der Waals surface area contributed by atoms with Gasteiger partial charge >= 0.3 is 5.97 Å². The van der Waals surface area contributed by atoms with Crippen molar-refractivity contribution in [3.05, 3.63) is 137 Å². The minimum atomic E-state index is -0.400. The zero-order valence-corrected chi connectivity index (χ0v) is 18.9. The van der Waals surface area contributed by atoms with Crippen molar-refractivity contribution in [2.45, 2.75) is 32.9 Å². The molecule has 1 aromatic heterocycles. The normalized spacial score (nSPS) is 10.7. The molecule has 33 heavy (non-hydrogen) atoms. The summed E-state index contributed by atoms with van der Waals surface area (Å²) in [4.78, 5) is 17.1. The first-order valence-corrected chi connectivity index (χ1v) is 11.1. The molecule has 166 valence electrons. The van der Waals surface area contributed by atoms with E-state index in [1.165, 1.54) is 16.7 Å². The maximum atomic E-state index is 12.1. The van der Waals surface area contributed by atoms with E-state index in [9.17, 15) is 4.79 Å². The van der Waals surface area contributed by atoms with Crippen molar-refractivity contribution in [1.82, 2.24) is 9.55 Å². The summed E-state index contributed by atoms with van der Waals surface area (Å²) in [6, 6.07) is 31.0. The Kier molecular flexibility index (Phi) is 7.16. The second-order valence-electron chi connectivity index (χ2n) is 8.17. The number of aromatic nitrogens is 2. The number of hydrogen-bond acceptors (Lipinski definition) is 3. The number of rotatable bonds is 9. The van der Waals surface area contributed by atoms with Crippen molar-refractivity contribution in [3.63, 3.8) is 0 Å². The summed E-state index contributed by atoms with van der Waals surface area (Å²) in [5, 5.41) is 0. The summed E-state index contributed by atoms with van der Waals surface area (Å²) in [6.45, 7) is 6.17. The van der Waals surface area contributed by atoms with E-state index in [1.807, 2.05) is 42.5 Å². The van der Waals surface area contributed by atoms with Gasteiger partial charge in [-0.2, -0.15) is 0 Å². The van der Waals surface area contributed by atoms with Crippen LogP contribution in [0.5, 0.6) is 0 Å². The lowest BCUT2D eigenvalue weighted by Gasteiger charge is -2.14. The van der Waals surface area contributed by atoms with Gasteiger partial charge in [0.2, 0.25) is 0 Å². The molecule has 0 saturated carbocycles. The van der Waals surface area contributed by atoms with Crippen LogP contribution in [0.25, 0.3) is 0 Å². The van der Waals surface area contributed by atoms with E-state index < -0.39 is 5.97 Å². The predicted molar refractivity (Wildman–Crippen MR) is 131 cm³/mol. The summed E-state index contributed by atoms with van der Waals surface area (Å²) in [6.07, 6.45) is 1.40. The van der Waals surface area contributed by atoms with Gasteiger partial charge in [-0.15, -0.1) is 0 Å². The average Bonchev–Trinajstić information content (AvgIpc) is 3.15. The Hall–Kier alpha value is -3.92. The van der Waals surface area contributed by atoms with Crippen molar-refractivity contribution in [2.24, 2.45) is 0 Å². The third kappa shape index (κ3) is 5.86. The van der Waals surface area contributed by atoms with E-state index in [1.54, 1.807) is 6.92 Å². The molecular formula is C29H28N2O2. The number of ether oxygens (including phenoxy) is 1. The molecule has 0 aliphatic heterocycles. The van der Waals surface area contributed by atoms with Crippen molar-refractivity contribution in [2.75, 3.05) is 0 Å². The number of esters is 1. The molecule has 4 rings (SSSR count). The molecule has 0 spiro atoms. The summed E-state index contributed by atoms with van der Waals surface area (Å²) in [5.41, 5.74) is 5.80. The lowest BCUT2D eigenvalue weighted by atomic mass is 10.1. The molecule has 0 unspecified atom stereocenters. The van der Waals surface area contributed by atoms with Crippen LogP contribution in [0.4, 0.5) is 0 Å². The predicted octanol–water partition coefficient (Wildman–Crippen LogP) is 5.73. The molecular weight excluding hydrogens is 408 g/mol. The highest BCUT2D eigenvalue weighted by Gasteiger charge is 2.20. The summed E-state index contributed by atoms with van der Waals surface area (Å²) in [5.74, 6) is 0.556. The lowest BCUT2D eigenvalue weighted by molar-refractivity contribution is -0.140. The van der Waals surface area contributed by atoms with Crippen LogP contribution in [0.2, 0.25) is 0 Å². The zero-order valence-electron chi connectivity index (χ0n) is 18.9. The van der Waals surface area contributed by atoms with Crippen LogP contribution in [-0.4, -0.2) is 15.5 Å². The number of benzene rings is 3. The Morgan fingerprint density at radius 2 is 1.33 bits per heavy atom. The number of hydrogen-bond donors (Lipinski definition) is 0. The van der Waals surface area contributed by atoms with Gasteiger partial charge in [0.25, 0.3) is 0 Å². The molecule has 0 radical (unpaired) electrons. The maximum absolute atomic E-state index is 12.1. The molecule has 0 amide bonds. The molecule has 4 aromatic rings. The standard InChI is InChI=1S/C29H28N2O2/c1-22(2)29(32)33-21-26-27(18-23-12-6-3-7-13-23)31(20-25-16-10-5-11-17-25)28(30-26)19-24-14-8-4-9-15-24/h3-17H,1,18-21H2,2H3. The Morgan fingerprint density at radius 1 is 0.818 bits per heavy atom. The topological polar surface area (TPSA) is 44.1 Å². The molecule has 0 N–H and O–H groups in total. The second-order valence-corrected chi connectivity index (χ2v) is 8.17. The number of carbonyl (C=O) groups is 1. The van der Waals surface area contributed by atoms with Gasteiger partial charge in [0.1, 0.15) is 12.4 Å². The number of nitrogens with zero attached hydrogens (tertiary/aromatic N) is 2. The van der Waals surface area contributed by atoms with Crippen molar-refractivity contribution in [3.8, 4) is 0 Å². The van der Waals surface area contributed by atoms with Gasteiger partial charge in [0.15, 0.2) is 0 Å². The Bertz CT molecular complexity index is 1210. The Morgan fingerprint density at radius 3 is 1.88 bits per heavy atom. The monoisotopic (exact) mass is 436 g/mol. The zero-order chi connectivity index (χ0) is 23.0. The van der Waals surface area contributed by atoms with Gasteiger partial charge in [-0.3, -0.25) is 0 Å². The molecule has 0 saturated heterocycles. The van der Waals surface area contributed by atoms with Gasteiger partial charge in [-0.05, 0) is 23.6 Å². The van der Waals surface area contributed by atoms with Crippen LogP contribution in [-0.2, 0) is 35.5 Å². The largest absolute Gasteiger partial charge is 0.456 e. The molecule has 0 aliphatic carbocycles. The quantitative estimate of drug-likeness (QED) is 0.249. The molecule has 1 heterocycles. The molecule has 0 fully saturated rings. The molecule has 4 nitrogen and oxygen atoms in total. The van der Waals surface area contributed by atoms with Gasteiger partial charge in [0, 0.05) is 30.7 Å². The highest BCUT2D eigenvalue weighted by Crippen LogP contribution is 2.22. The summed E-state index contributed by atoms with van der Waals surface area (Å²) in [7, 11) is 0. The SMILES string of the molecule is C=C(C)C(=O)OCc1nc(Cc2ccccc2)n(Cc2ccccc2)c1Cc1ccccc1. The minimum absolute atomic E-state index is 0.122. The van der Waals surface area contributed by atoms with Gasteiger partial charge in [-0.25, -0.2) is 9.78 Å². The number of carbonyl (C=O) groups excluding carboxylic acids is 1. The fourth-order valence-corrected chi connectivity index (χ4v) is 3.82. The summed E-state index contributed by atoms with van der Waals surface area (Å²) >= 11 is 0. The third-order valence-electron chi connectivity index (χ3n) is 5.53. The van der Waals surface area contributed by atoms with Crippen LogP contribution in [0.1, 0.15) is 40.8 Å². The van der Waals surface area contributed by atoms with E-state index >= 15 is 0 Å². The van der Waals surface area contributed by atoms with Gasteiger partial charge < -0.3 is 9.30 Å². The molecule has 0 atom stereocenters. The Balaban J connectivity index is 1.76. The average molecular weight is 437 g/mol. The summed E-state index contributed by atoms with van der Waals surface area (Å²) < 4.78 is 7.80. The molecule has 0 aliphatic rings. The first-order chi connectivity index (χ1) is 16.1. The highest BCUT2D eigenvalue weighted by atomic mass is 16.5. The minimum Gasteiger partial charge on any atom is -0.456 e. The lowest BCUT2D eigenvalue weighted by Crippen LogP contribution is -2.11. The van der Waals surface area contributed by atoms with Crippen LogP contribution in [0, 0.1) is 0 Å². The second kappa shape index (κ2) is 10.6. The smallest absolute Gasteiger partial charge is 0.333 e. The first-order valence-electron chi connectivity index (χ1n) is 11.1. The molecule has 4 heteroatoms. The van der Waals surface area contributed by atoms with Gasteiger partial charge in [-0.1, -0.05) is 97.6 Å². The highest BCUT2D eigenvalue weighted by molar-refractivity contribution is 5.86. The van der Waals surface area contributed by atoms with Crippen LogP contribution in [0.3, 0.4) is 0 Å². The van der Waals surface area contributed by atoms with Crippen molar-refractivity contribution >= 4 is 5.97 Å². The van der Waals surface area contributed by atoms with Gasteiger partial charge in [0.05, 0.1) is 5.69 Å². The number of imidazole rings is 1. The first kappa shape index (κ1) is 22.3. The maximum Gasteiger partial charge on any atom is 0.333 e. The Labute approximate surface area is 195 Å². The van der Waals surface area contributed by atoms with E-state index in [0.717, 1.165) is 17.2 Å². The molecule has 3 aromatic carbocycles. The molecule has 0 bridgehead atoms. The van der Waals surface area contributed by atoms with E-state index in [-0.39, 0.29) is 6.61 Å². The van der Waals surface area contributed by atoms with E-state index in [0.29, 0.717) is 25.0 Å². The van der Waals surface area contributed by atoms with Crippen LogP contribution < -0.4 is 0 Å². The van der Waals surface area contributed by atoms with Crippen LogP contribution in [0.15, 0.2) is 103 Å². The van der Waals surface area contributed by atoms with E-state index in [4.69, 9.17) is 9.72 Å².